The quantitative estimate of drug-likeness (QED) is 0.486. The molecule has 0 fully saturated rings. The Morgan fingerprint density at radius 2 is 1.97 bits per heavy atom. The summed E-state index contributed by atoms with van der Waals surface area (Å²) in [6.07, 6.45) is 5.86. The topological polar surface area (TPSA) is 69.7 Å². The fraction of sp³-hybridized carbons (Fsp3) is 0.130. The van der Waals surface area contributed by atoms with Crippen molar-refractivity contribution in [2.24, 2.45) is 0 Å². The molecule has 1 aromatic heterocycles. The molecule has 2 aromatic carbocycles. The summed E-state index contributed by atoms with van der Waals surface area (Å²) >= 11 is 0. The number of halogens is 2. The molecule has 8 heteroatoms. The second kappa shape index (κ2) is 10.2. The number of hydrogen-bond donors (Lipinski definition) is 1. The minimum absolute atomic E-state index is 0.141. The normalized spacial score (nSPS) is 10.9. The lowest BCUT2D eigenvalue weighted by molar-refractivity contribution is -0.111. The van der Waals surface area contributed by atoms with E-state index in [-0.39, 0.29) is 17.1 Å². The van der Waals surface area contributed by atoms with Crippen LogP contribution in [0.25, 0.3) is 6.08 Å². The van der Waals surface area contributed by atoms with Crippen molar-refractivity contribution in [3.8, 4) is 23.0 Å². The van der Waals surface area contributed by atoms with Crippen LogP contribution in [0.2, 0.25) is 0 Å². The molecule has 0 atom stereocenters. The molecule has 6 nitrogen and oxygen atoms in total. The number of carbonyl (C=O) groups excluding carboxylic acids is 1. The average Bonchev–Trinajstić information content (AvgIpc) is 2.75. The first-order chi connectivity index (χ1) is 15.0. The number of aromatic nitrogens is 1. The lowest BCUT2D eigenvalue weighted by Gasteiger charge is -2.12. The molecule has 1 N–H and O–H groups in total. The maximum atomic E-state index is 12.7. The van der Waals surface area contributed by atoms with Gasteiger partial charge in [-0.1, -0.05) is 12.1 Å². The maximum Gasteiger partial charge on any atom is 0.387 e. The Hall–Kier alpha value is -3.94. The third-order valence-electron chi connectivity index (χ3n) is 4.16. The summed E-state index contributed by atoms with van der Waals surface area (Å²) in [6, 6.07) is 13.4. The smallest absolute Gasteiger partial charge is 0.387 e. The number of nitrogens with one attached hydrogen (secondary N) is 1. The zero-order chi connectivity index (χ0) is 22.2. The van der Waals surface area contributed by atoms with Gasteiger partial charge in [0.05, 0.1) is 13.3 Å². The third kappa shape index (κ3) is 6.02. The summed E-state index contributed by atoms with van der Waals surface area (Å²) in [4.78, 5) is 16.3. The molecule has 0 saturated heterocycles. The average molecular weight is 426 g/mol. The molecule has 1 amide bonds. The minimum Gasteiger partial charge on any atom is -0.493 e. The van der Waals surface area contributed by atoms with E-state index in [1.165, 1.54) is 25.3 Å². The maximum absolute atomic E-state index is 12.7. The highest BCUT2D eigenvalue weighted by atomic mass is 19.3. The van der Waals surface area contributed by atoms with Gasteiger partial charge in [-0.15, -0.1) is 0 Å². The predicted octanol–water partition coefficient (Wildman–Crippen LogP) is 5.44. The van der Waals surface area contributed by atoms with Crippen molar-refractivity contribution in [3.05, 3.63) is 78.1 Å². The summed E-state index contributed by atoms with van der Waals surface area (Å²) in [5.74, 6) is 0.794. The van der Waals surface area contributed by atoms with E-state index in [1.807, 2.05) is 6.92 Å². The number of pyridine rings is 1. The number of hydrogen-bond acceptors (Lipinski definition) is 5. The zero-order valence-electron chi connectivity index (χ0n) is 16.8. The lowest BCUT2D eigenvalue weighted by Crippen LogP contribution is -2.08. The summed E-state index contributed by atoms with van der Waals surface area (Å²) in [6.45, 7) is -1.17. The van der Waals surface area contributed by atoms with E-state index in [0.29, 0.717) is 17.2 Å². The molecule has 0 aliphatic carbocycles. The van der Waals surface area contributed by atoms with Crippen LogP contribution in [-0.4, -0.2) is 24.6 Å². The van der Waals surface area contributed by atoms with Crippen molar-refractivity contribution in [2.75, 3.05) is 12.4 Å². The van der Waals surface area contributed by atoms with Crippen LogP contribution < -0.4 is 19.5 Å². The van der Waals surface area contributed by atoms with E-state index >= 15 is 0 Å². The van der Waals surface area contributed by atoms with E-state index in [1.54, 1.807) is 54.9 Å². The van der Waals surface area contributed by atoms with Gasteiger partial charge in [-0.3, -0.25) is 9.78 Å². The monoisotopic (exact) mass is 426 g/mol. The van der Waals surface area contributed by atoms with E-state index in [0.717, 1.165) is 5.56 Å². The molecule has 160 valence electrons. The molecule has 0 unspecified atom stereocenters. The first-order valence-electron chi connectivity index (χ1n) is 9.25. The van der Waals surface area contributed by atoms with Crippen LogP contribution in [0.4, 0.5) is 14.5 Å². The van der Waals surface area contributed by atoms with E-state index in [9.17, 15) is 13.6 Å². The number of rotatable bonds is 8. The minimum atomic E-state index is -3.02. The van der Waals surface area contributed by atoms with E-state index in [2.05, 4.69) is 15.0 Å². The third-order valence-corrected chi connectivity index (χ3v) is 4.16. The molecule has 31 heavy (non-hydrogen) atoms. The molecular formula is C23H20F2N2O4. The molecule has 3 rings (SSSR count). The summed E-state index contributed by atoms with van der Waals surface area (Å²) in [5, 5.41) is 2.72. The highest BCUT2D eigenvalue weighted by Gasteiger charge is 2.14. The van der Waals surface area contributed by atoms with Crippen molar-refractivity contribution in [3.63, 3.8) is 0 Å². The van der Waals surface area contributed by atoms with Gasteiger partial charge in [-0.25, -0.2) is 0 Å². The molecule has 0 aliphatic heterocycles. The molecule has 0 bridgehead atoms. The van der Waals surface area contributed by atoms with Gasteiger partial charge in [0.1, 0.15) is 11.5 Å². The summed E-state index contributed by atoms with van der Waals surface area (Å²) < 4.78 is 40.8. The standard InChI is InChI=1S/C23H20F2N2O4/c1-15-13-17(9-10-19(15)30-18-6-4-12-26-14-18)27-21(28)11-8-16-5-3-7-20(29-2)22(16)31-23(24)25/h3-14,23H,1-2H3,(H,27,28). The van der Waals surface area contributed by atoms with Gasteiger partial charge < -0.3 is 19.5 Å². The Balaban J connectivity index is 1.70. The van der Waals surface area contributed by atoms with Crippen molar-refractivity contribution < 1.29 is 27.8 Å². The van der Waals surface area contributed by atoms with Crippen molar-refractivity contribution >= 4 is 17.7 Å². The molecule has 0 aliphatic rings. The van der Waals surface area contributed by atoms with E-state index in [4.69, 9.17) is 9.47 Å². The molecule has 0 radical (unpaired) electrons. The van der Waals surface area contributed by atoms with Gasteiger partial charge in [-0.05, 0) is 55.0 Å². The first kappa shape index (κ1) is 21.8. The molecular weight excluding hydrogens is 406 g/mol. The lowest BCUT2D eigenvalue weighted by atomic mass is 10.1. The fourth-order valence-corrected chi connectivity index (χ4v) is 2.77. The molecule has 3 aromatic rings. The van der Waals surface area contributed by atoms with Crippen LogP contribution in [0.1, 0.15) is 11.1 Å². The number of methoxy groups -OCH3 is 1. The summed E-state index contributed by atoms with van der Waals surface area (Å²) in [5.41, 5.74) is 1.65. The number of aryl methyl sites for hydroxylation is 1. The van der Waals surface area contributed by atoms with Gasteiger partial charge in [0.15, 0.2) is 11.5 Å². The second-order valence-electron chi connectivity index (χ2n) is 6.35. The Kier molecular flexibility index (Phi) is 7.16. The summed E-state index contributed by atoms with van der Waals surface area (Å²) in [7, 11) is 1.35. The highest BCUT2D eigenvalue weighted by Crippen LogP contribution is 2.33. The Morgan fingerprint density at radius 3 is 2.65 bits per heavy atom. The number of amides is 1. The van der Waals surface area contributed by atoms with Gasteiger partial charge in [0, 0.05) is 23.5 Å². The zero-order valence-corrected chi connectivity index (χ0v) is 16.8. The number of alkyl halides is 2. The Labute approximate surface area is 178 Å². The van der Waals surface area contributed by atoms with Gasteiger partial charge in [0.2, 0.25) is 5.91 Å². The Bertz CT molecular complexity index is 1070. The van der Waals surface area contributed by atoms with Crippen LogP contribution in [0.15, 0.2) is 67.0 Å². The number of carbonyl (C=O) groups is 1. The number of anilines is 1. The van der Waals surface area contributed by atoms with Crippen LogP contribution in [-0.2, 0) is 4.79 Å². The number of nitrogens with zero attached hydrogens (tertiary/aromatic N) is 1. The highest BCUT2D eigenvalue weighted by molar-refractivity contribution is 6.02. The van der Waals surface area contributed by atoms with Gasteiger partial charge in [0.25, 0.3) is 0 Å². The van der Waals surface area contributed by atoms with Crippen LogP contribution >= 0.6 is 0 Å². The molecule has 0 spiro atoms. The number of benzene rings is 2. The molecule has 0 saturated carbocycles. The van der Waals surface area contributed by atoms with Crippen LogP contribution in [0, 0.1) is 6.92 Å². The second-order valence-corrected chi connectivity index (χ2v) is 6.35. The predicted molar refractivity (Wildman–Crippen MR) is 113 cm³/mol. The van der Waals surface area contributed by atoms with Crippen LogP contribution in [0.5, 0.6) is 23.0 Å². The van der Waals surface area contributed by atoms with Crippen molar-refractivity contribution in [1.29, 1.82) is 0 Å². The van der Waals surface area contributed by atoms with Gasteiger partial charge >= 0.3 is 6.61 Å². The SMILES string of the molecule is COc1cccc(C=CC(=O)Nc2ccc(Oc3cccnc3)c(C)c2)c1OC(F)F. The van der Waals surface area contributed by atoms with Crippen molar-refractivity contribution in [2.45, 2.75) is 13.5 Å². The Morgan fingerprint density at radius 1 is 1.13 bits per heavy atom. The molecule has 1 heterocycles. The largest absolute Gasteiger partial charge is 0.493 e. The first-order valence-corrected chi connectivity index (χ1v) is 9.25. The van der Waals surface area contributed by atoms with Crippen LogP contribution in [0.3, 0.4) is 0 Å². The fourth-order valence-electron chi connectivity index (χ4n) is 2.77. The van der Waals surface area contributed by atoms with Crippen molar-refractivity contribution in [1.82, 2.24) is 4.98 Å². The van der Waals surface area contributed by atoms with Gasteiger partial charge in [-0.2, -0.15) is 8.78 Å². The van der Waals surface area contributed by atoms with E-state index < -0.39 is 12.5 Å². The number of para-hydroxylation sites is 1. The number of ether oxygens (including phenoxy) is 3.